The Labute approximate surface area is 168 Å². The van der Waals surface area contributed by atoms with Gasteiger partial charge in [-0.15, -0.1) is 0 Å². The zero-order valence-corrected chi connectivity index (χ0v) is 16.8. The van der Waals surface area contributed by atoms with Gasteiger partial charge in [0.15, 0.2) is 11.5 Å². The Hall–Kier alpha value is -3.47. The average Bonchev–Trinajstić information content (AvgIpc) is 3.12. The first kappa shape index (κ1) is 18.9. The molecule has 2 aromatic carbocycles. The van der Waals surface area contributed by atoms with Crippen LogP contribution < -0.4 is 10.4 Å². The van der Waals surface area contributed by atoms with Gasteiger partial charge in [-0.25, -0.2) is 4.79 Å². The van der Waals surface area contributed by atoms with E-state index in [1.165, 1.54) is 6.92 Å². The van der Waals surface area contributed by atoms with Crippen molar-refractivity contribution in [3.05, 3.63) is 81.7 Å². The van der Waals surface area contributed by atoms with E-state index in [0.29, 0.717) is 22.7 Å². The zero-order valence-electron chi connectivity index (χ0n) is 16.8. The van der Waals surface area contributed by atoms with E-state index in [2.05, 4.69) is 0 Å². The van der Waals surface area contributed by atoms with E-state index >= 15 is 0 Å². The van der Waals surface area contributed by atoms with E-state index in [-0.39, 0.29) is 17.1 Å². The smallest absolute Gasteiger partial charge is 0.343 e. The van der Waals surface area contributed by atoms with E-state index in [1.54, 1.807) is 13.0 Å². The van der Waals surface area contributed by atoms with Crippen LogP contribution in [0.2, 0.25) is 0 Å². The van der Waals surface area contributed by atoms with Gasteiger partial charge in [0.1, 0.15) is 22.7 Å². The molecule has 2 aromatic heterocycles. The second-order valence-corrected chi connectivity index (χ2v) is 7.61. The fourth-order valence-electron chi connectivity index (χ4n) is 3.36. The van der Waals surface area contributed by atoms with Crippen LogP contribution >= 0.6 is 0 Å². The van der Waals surface area contributed by atoms with Gasteiger partial charge >= 0.3 is 5.63 Å². The summed E-state index contributed by atoms with van der Waals surface area (Å²) < 4.78 is 17.5. The van der Waals surface area contributed by atoms with Crippen molar-refractivity contribution in [2.75, 3.05) is 0 Å². The number of ether oxygens (including phenoxy) is 1. The maximum Gasteiger partial charge on any atom is 0.343 e. The molecule has 0 aliphatic carbocycles. The Bertz CT molecular complexity index is 1250. The van der Waals surface area contributed by atoms with Crippen LogP contribution in [0.25, 0.3) is 22.5 Å². The van der Waals surface area contributed by atoms with E-state index in [9.17, 15) is 9.90 Å². The van der Waals surface area contributed by atoms with Crippen LogP contribution in [-0.2, 0) is 5.60 Å². The maximum absolute atomic E-state index is 12.0. The summed E-state index contributed by atoms with van der Waals surface area (Å²) in [5.41, 5.74) is 1.25. The lowest BCUT2D eigenvalue weighted by Crippen LogP contribution is -2.25. The molecule has 0 saturated carbocycles. The zero-order chi connectivity index (χ0) is 20.8. The fourth-order valence-corrected chi connectivity index (χ4v) is 3.36. The third kappa shape index (κ3) is 3.40. The van der Waals surface area contributed by atoms with E-state index in [0.717, 1.165) is 10.9 Å². The monoisotopic (exact) mass is 390 g/mol. The van der Waals surface area contributed by atoms with Crippen molar-refractivity contribution >= 4 is 11.0 Å². The summed E-state index contributed by atoms with van der Waals surface area (Å²) in [7, 11) is 0. The van der Waals surface area contributed by atoms with Crippen LogP contribution in [0.3, 0.4) is 0 Å². The minimum absolute atomic E-state index is 0.0784. The predicted octanol–water partition coefficient (Wildman–Crippen LogP) is 5.69. The standard InChI is InChI=1S/C24H22O5/c1-14-21(25)15(2)23(26)28-22(14)20-13-16-12-18(10-11-19(16)27-20)29-24(3,4)17-8-6-5-7-9-17/h5-13,25H,1-4H3. The van der Waals surface area contributed by atoms with Crippen LogP contribution in [-0.4, -0.2) is 5.11 Å². The molecule has 1 N–H and O–H groups in total. The lowest BCUT2D eigenvalue weighted by Gasteiger charge is -2.27. The summed E-state index contributed by atoms with van der Waals surface area (Å²) in [6, 6.07) is 17.3. The first-order chi connectivity index (χ1) is 13.8. The number of hydrogen-bond acceptors (Lipinski definition) is 5. The summed E-state index contributed by atoms with van der Waals surface area (Å²) in [6.07, 6.45) is 0. The largest absolute Gasteiger partial charge is 0.507 e. The second kappa shape index (κ2) is 6.85. The topological polar surface area (TPSA) is 72.8 Å². The lowest BCUT2D eigenvalue weighted by molar-refractivity contribution is 0.109. The number of fused-ring (bicyclic) bond motifs is 1. The summed E-state index contributed by atoms with van der Waals surface area (Å²) in [4.78, 5) is 12.0. The SMILES string of the molecule is Cc1c(-c2cc3cc(OC(C)(C)c4ccccc4)ccc3o2)oc(=O)c(C)c1O. The number of furan rings is 1. The Balaban J connectivity index is 1.72. The molecular weight excluding hydrogens is 368 g/mol. The molecule has 29 heavy (non-hydrogen) atoms. The highest BCUT2D eigenvalue weighted by molar-refractivity contribution is 5.84. The van der Waals surface area contributed by atoms with Gasteiger partial charge < -0.3 is 18.7 Å². The van der Waals surface area contributed by atoms with Gasteiger partial charge in [-0.2, -0.15) is 0 Å². The Morgan fingerprint density at radius 2 is 1.66 bits per heavy atom. The normalized spacial score (nSPS) is 11.7. The Morgan fingerprint density at radius 3 is 2.38 bits per heavy atom. The highest BCUT2D eigenvalue weighted by Crippen LogP contribution is 2.36. The number of hydrogen-bond donors (Lipinski definition) is 1. The number of aromatic hydroxyl groups is 1. The van der Waals surface area contributed by atoms with Gasteiger partial charge in [0.25, 0.3) is 0 Å². The second-order valence-electron chi connectivity index (χ2n) is 7.61. The molecule has 0 spiro atoms. The predicted molar refractivity (Wildman–Crippen MR) is 111 cm³/mol. The van der Waals surface area contributed by atoms with Crippen LogP contribution in [0.1, 0.15) is 30.5 Å². The minimum atomic E-state index is -0.586. The molecule has 0 amide bonds. The molecular formula is C24H22O5. The van der Waals surface area contributed by atoms with Gasteiger partial charge in [-0.05, 0) is 57.5 Å². The molecule has 0 radical (unpaired) electrons. The van der Waals surface area contributed by atoms with Crippen LogP contribution in [0.15, 0.2) is 68.2 Å². The minimum Gasteiger partial charge on any atom is -0.507 e. The van der Waals surface area contributed by atoms with E-state index in [4.69, 9.17) is 13.6 Å². The molecule has 0 aliphatic rings. The van der Waals surface area contributed by atoms with Crippen LogP contribution in [0.4, 0.5) is 0 Å². The van der Waals surface area contributed by atoms with Gasteiger partial charge in [-0.1, -0.05) is 30.3 Å². The molecule has 0 saturated heterocycles. The van der Waals surface area contributed by atoms with Gasteiger partial charge in [0, 0.05) is 10.9 Å². The van der Waals surface area contributed by atoms with Crippen molar-refractivity contribution < 1.29 is 18.7 Å². The van der Waals surface area contributed by atoms with Crippen molar-refractivity contribution in [1.82, 2.24) is 0 Å². The number of benzene rings is 2. The Kier molecular flexibility index (Phi) is 4.46. The lowest BCUT2D eigenvalue weighted by atomic mass is 9.98. The van der Waals surface area contributed by atoms with Crippen LogP contribution in [0.5, 0.6) is 11.5 Å². The molecule has 0 fully saturated rings. The molecule has 0 aliphatic heterocycles. The van der Waals surface area contributed by atoms with E-state index in [1.807, 2.05) is 62.4 Å². The first-order valence-electron chi connectivity index (χ1n) is 9.38. The van der Waals surface area contributed by atoms with E-state index < -0.39 is 11.2 Å². The summed E-state index contributed by atoms with van der Waals surface area (Å²) in [5.74, 6) is 1.22. The Morgan fingerprint density at radius 1 is 0.931 bits per heavy atom. The molecule has 148 valence electrons. The molecule has 0 unspecified atom stereocenters. The highest BCUT2D eigenvalue weighted by Gasteiger charge is 2.23. The quantitative estimate of drug-likeness (QED) is 0.485. The first-order valence-corrected chi connectivity index (χ1v) is 9.38. The van der Waals surface area contributed by atoms with Crippen molar-refractivity contribution in [2.24, 2.45) is 0 Å². The molecule has 4 rings (SSSR count). The van der Waals surface area contributed by atoms with Crippen molar-refractivity contribution in [2.45, 2.75) is 33.3 Å². The number of rotatable bonds is 4. The fraction of sp³-hybridized carbons (Fsp3) is 0.208. The summed E-state index contributed by atoms with van der Waals surface area (Å²) >= 11 is 0. The van der Waals surface area contributed by atoms with Gasteiger partial charge in [0.05, 0.1) is 5.56 Å². The van der Waals surface area contributed by atoms with Gasteiger partial charge in [-0.3, -0.25) is 0 Å². The van der Waals surface area contributed by atoms with Crippen molar-refractivity contribution in [3.8, 4) is 23.0 Å². The summed E-state index contributed by atoms with van der Waals surface area (Å²) in [5, 5.41) is 11.0. The van der Waals surface area contributed by atoms with Crippen molar-refractivity contribution in [1.29, 1.82) is 0 Å². The molecule has 0 bridgehead atoms. The third-order valence-corrected chi connectivity index (χ3v) is 5.11. The molecule has 4 aromatic rings. The van der Waals surface area contributed by atoms with Gasteiger partial charge in [0.2, 0.25) is 0 Å². The average molecular weight is 390 g/mol. The molecule has 5 nitrogen and oxygen atoms in total. The molecule has 2 heterocycles. The van der Waals surface area contributed by atoms with Crippen molar-refractivity contribution in [3.63, 3.8) is 0 Å². The maximum atomic E-state index is 12.0. The van der Waals surface area contributed by atoms with Crippen LogP contribution in [0, 0.1) is 13.8 Å². The molecule has 5 heteroatoms. The third-order valence-electron chi connectivity index (χ3n) is 5.11. The summed E-state index contributed by atoms with van der Waals surface area (Å²) in [6.45, 7) is 7.24. The highest BCUT2D eigenvalue weighted by atomic mass is 16.5. The molecule has 0 atom stereocenters.